The number of carbonyl (C=O) groups excluding carboxylic acids is 1. The molecule has 1 saturated carbocycles. The van der Waals surface area contributed by atoms with Gasteiger partial charge >= 0.3 is 0 Å². The number of nitrogens with zero attached hydrogens (tertiary/aromatic N) is 4. The standard InChI is InChI=1S/C17H23N5OS/c1-12-20-16(11-24-12)17(23)18-7-5-14-9-21(13-3-2-4-13)10-15-6-8-19-22(14)15/h6,8,11,13-14H,2-5,7,9-10H2,1H3,(H,18,23)/t14-/m0/s1. The van der Waals surface area contributed by atoms with Crippen molar-refractivity contribution in [3.05, 3.63) is 34.0 Å². The lowest BCUT2D eigenvalue weighted by atomic mass is 9.90. The van der Waals surface area contributed by atoms with Crippen LogP contribution in [0, 0.1) is 6.92 Å². The number of rotatable bonds is 5. The van der Waals surface area contributed by atoms with Gasteiger partial charge in [-0.05, 0) is 32.3 Å². The van der Waals surface area contributed by atoms with Gasteiger partial charge in [0.2, 0.25) is 0 Å². The van der Waals surface area contributed by atoms with E-state index in [4.69, 9.17) is 0 Å². The van der Waals surface area contributed by atoms with Gasteiger partial charge in [0.15, 0.2) is 0 Å². The second-order valence-corrected chi connectivity index (χ2v) is 7.79. The Labute approximate surface area is 145 Å². The van der Waals surface area contributed by atoms with Crippen LogP contribution in [-0.4, -0.2) is 44.7 Å². The van der Waals surface area contributed by atoms with Crippen molar-refractivity contribution in [2.75, 3.05) is 13.1 Å². The van der Waals surface area contributed by atoms with Gasteiger partial charge in [0, 0.05) is 37.3 Å². The minimum atomic E-state index is -0.0771. The van der Waals surface area contributed by atoms with Crippen molar-refractivity contribution in [3.63, 3.8) is 0 Å². The number of hydrogen-bond donors (Lipinski definition) is 1. The van der Waals surface area contributed by atoms with E-state index < -0.39 is 0 Å². The first-order chi connectivity index (χ1) is 11.7. The molecule has 1 amide bonds. The molecule has 0 spiro atoms. The molecule has 1 fully saturated rings. The smallest absolute Gasteiger partial charge is 0.270 e. The Bertz CT molecular complexity index is 720. The zero-order valence-corrected chi connectivity index (χ0v) is 14.8. The highest BCUT2D eigenvalue weighted by atomic mass is 32.1. The average Bonchev–Trinajstić information content (AvgIpc) is 3.14. The molecule has 24 heavy (non-hydrogen) atoms. The predicted octanol–water partition coefficient (Wildman–Crippen LogP) is 2.38. The molecule has 2 aromatic rings. The molecule has 0 unspecified atom stereocenters. The number of hydrogen-bond acceptors (Lipinski definition) is 5. The van der Waals surface area contributed by atoms with E-state index in [1.165, 1.54) is 36.3 Å². The zero-order valence-electron chi connectivity index (χ0n) is 13.9. The van der Waals surface area contributed by atoms with Gasteiger partial charge in [-0.25, -0.2) is 4.98 Å². The third-order valence-electron chi connectivity index (χ3n) is 5.11. The van der Waals surface area contributed by atoms with Crippen LogP contribution in [0.1, 0.15) is 52.9 Å². The molecular formula is C17H23N5OS. The van der Waals surface area contributed by atoms with E-state index in [0.29, 0.717) is 18.3 Å². The Morgan fingerprint density at radius 1 is 1.46 bits per heavy atom. The number of nitrogens with one attached hydrogen (secondary N) is 1. The molecule has 1 atom stereocenters. The summed E-state index contributed by atoms with van der Waals surface area (Å²) in [7, 11) is 0. The Morgan fingerprint density at radius 2 is 2.33 bits per heavy atom. The molecule has 0 saturated heterocycles. The Balaban J connectivity index is 1.36. The fourth-order valence-corrected chi connectivity index (χ4v) is 4.16. The van der Waals surface area contributed by atoms with Crippen LogP contribution in [0.2, 0.25) is 0 Å². The monoisotopic (exact) mass is 345 g/mol. The number of aryl methyl sites for hydroxylation is 1. The molecule has 2 aliphatic rings. The summed E-state index contributed by atoms with van der Waals surface area (Å²) < 4.78 is 2.15. The van der Waals surface area contributed by atoms with Crippen LogP contribution in [-0.2, 0) is 6.54 Å². The molecule has 0 bridgehead atoms. The molecule has 0 radical (unpaired) electrons. The second kappa shape index (κ2) is 6.64. The highest BCUT2D eigenvalue weighted by Gasteiger charge is 2.32. The van der Waals surface area contributed by atoms with E-state index in [1.807, 2.05) is 18.5 Å². The van der Waals surface area contributed by atoms with Crippen LogP contribution in [0.3, 0.4) is 0 Å². The first kappa shape index (κ1) is 15.8. The van der Waals surface area contributed by atoms with E-state index in [1.54, 1.807) is 0 Å². The SMILES string of the molecule is Cc1nc(C(=O)NCC[C@H]2CN(C3CCC3)Cc3ccnn32)cs1. The lowest BCUT2D eigenvalue weighted by Crippen LogP contribution is -2.47. The zero-order chi connectivity index (χ0) is 16.5. The van der Waals surface area contributed by atoms with Gasteiger partial charge in [-0.2, -0.15) is 5.10 Å². The summed E-state index contributed by atoms with van der Waals surface area (Å²) in [5.74, 6) is -0.0771. The molecule has 1 aliphatic carbocycles. The van der Waals surface area contributed by atoms with E-state index in [-0.39, 0.29) is 5.91 Å². The summed E-state index contributed by atoms with van der Waals surface area (Å²) in [6.45, 7) is 4.60. The highest BCUT2D eigenvalue weighted by molar-refractivity contribution is 7.09. The predicted molar refractivity (Wildman–Crippen MR) is 93.1 cm³/mol. The maximum Gasteiger partial charge on any atom is 0.270 e. The second-order valence-electron chi connectivity index (χ2n) is 6.73. The summed E-state index contributed by atoms with van der Waals surface area (Å²) >= 11 is 1.51. The third kappa shape index (κ3) is 3.10. The molecule has 4 rings (SSSR count). The van der Waals surface area contributed by atoms with Crippen LogP contribution >= 0.6 is 11.3 Å². The van der Waals surface area contributed by atoms with Gasteiger partial charge in [0.05, 0.1) is 16.7 Å². The largest absolute Gasteiger partial charge is 0.351 e. The summed E-state index contributed by atoms with van der Waals surface area (Å²) in [6.07, 6.45) is 6.78. The van der Waals surface area contributed by atoms with Crippen molar-refractivity contribution in [2.45, 2.75) is 51.2 Å². The molecule has 2 aromatic heterocycles. The summed E-state index contributed by atoms with van der Waals surface area (Å²) in [6, 6.07) is 3.19. The molecule has 128 valence electrons. The summed E-state index contributed by atoms with van der Waals surface area (Å²) in [5.41, 5.74) is 1.82. The van der Waals surface area contributed by atoms with Crippen LogP contribution < -0.4 is 5.32 Å². The normalized spacial score (nSPS) is 21.3. The Kier molecular flexibility index (Phi) is 4.37. The minimum absolute atomic E-state index is 0.0771. The average molecular weight is 345 g/mol. The fourth-order valence-electron chi connectivity index (χ4n) is 3.57. The first-order valence-corrected chi connectivity index (χ1v) is 9.55. The van der Waals surface area contributed by atoms with Gasteiger partial charge in [0.1, 0.15) is 5.69 Å². The summed E-state index contributed by atoms with van der Waals surface area (Å²) in [4.78, 5) is 19.0. The lowest BCUT2D eigenvalue weighted by molar-refractivity contribution is 0.0723. The molecule has 6 nitrogen and oxygen atoms in total. The van der Waals surface area contributed by atoms with Gasteiger partial charge < -0.3 is 5.32 Å². The molecule has 7 heteroatoms. The number of carbonyl (C=O) groups is 1. The first-order valence-electron chi connectivity index (χ1n) is 8.67. The minimum Gasteiger partial charge on any atom is -0.351 e. The van der Waals surface area contributed by atoms with Gasteiger partial charge in [-0.1, -0.05) is 6.42 Å². The molecular weight excluding hydrogens is 322 g/mol. The van der Waals surface area contributed by atoms with Crippen molar-refractivity contribution in [3.8, 4) is 0 Å². The van der Waals surface area contributed by atoms with Crippen LogP contribution in [0.15, 0.2) is 17.6 Å². The molecule has 0 aromatic carbocycles. The number of fused-ring (bicyclic) bond motifs is 1. The fraction of sp³-hybridized carbons (Fsp3) is 0.588. The topological polar surface area (TPSA) is 63.1 Å². The number of amides is 1. The quantitative estimate of drug-likeness (QED) is 0.904. The van der Waals surface area contributed by atoms with Gasteiger partial charge in [0.25, 0.3) is 5.91 Å². The van der Waals surface area contributed by atoms with Crippen molar-refractivity contribution in [1.29, 1.82) is 0 Å². The van der Waals surface area contributed by atoms with Crippen molar-refractivity contribution in [1.82, 2.24) is 25.0 Å². The molecule has 3 heterocycles. The van der Waals surface area contributed by atoms with E-state index in [2.05, 4.69) is 31.0 Å². The van der Waals surface area contributed by atoms with Crippen molar-refractivity contribution >= 4 is 17.2 Å². The van der Waals surface area contributed by atoms with Crippen molar-refractivity contribution in [2.24, 2.45) is 0 Å². The lowest BCUT2D eigenvalue weighted by Gasteiger charge is -2.42. The van der Waals surface area contributed by atoms with E-state index in [9.17, 15) is 4.79 Å². The van der Waals surface area contributed by atoms with Crippen LogP contribution in [0.25, 0.3) is 0 Å². The molecule has 1 aliphatic heterocycles. The Hall–Kier alpha value is -1.73. The van der Waals surface area contributed by atoms with Crippen LogP contribution in [0.4, 0.5) is 0 Å². The van der Waals surface area contributed by atoms with E-state index in [0.717, 1.165) is 30.6 Å². The Morgan fingerprint density at radius 3 is 3.04 bits per heavy atom. The highest BCUT2D eigenvalue weighted by Crippen LogP contribution is 2.31. The maximum atomic E-state index is 12.1. The number of thiazole rings is 1. The van der Waals surface area contributed by atoms with Gasteiger partial charge in [-0.15, -0.1) is 11.3 Å². The van der Waals surface area contributed by atoms with Crippen molar-refractivity contribution < 1.29 is 4.79 Å². The third-order valence-corrected chi connectivity index (χ3v) is 5.89. The van der Waals surface area contributed by atoms with E-state index >= 15 is 0 Å². The molecule has 1 N–H and O–H groups in total. The van der Waals surface area contributed by atoms with Gasteiger partial charge in [-0.3, -0.25) is 14.4 Å². The summed E-state index contributed by atoms with van der Waals surface area (Å²) in [5, 5.41) is 10.2. The maximum absolute atomic E-state index is 12.1. The number of aromatic nitrogens is 3. The van der Waals surface area contributed by atoms with Crippen LogP contribution in [0.5, 0.6) is 0 Å².